The predicted molar refractivity (Wildman–Crippen MR) is 103 cm³/mol. The minimum absolute atomic E-state index is 0.116. The lowest BCUT2D eigenvalue weighted by Gasteiger charge is -2.32. The van der Waals surface area contributed by atoms with E-state index in [0.29, 0.717) is 11.6 Å². The van der Waals surface area contributed by atoms with Crippen LogP contribution in [-0.2, 0) is 9.53 Å². The van der Waals surface area contributed by atoms with E-state index < -0.39 is 0 Å². The van der Waals surface area contributed by atoms with E-state index in [0.717, 1.165) is 36.3 Å². The quantitative estimate of drug-likeness (QED) is 0.726. The molecule has 1 unspecified atom stereocenters. The van der Waals surface area contributed by atoms with Gasteiger partial charge >= 0.3 is 0 Å². The third-order valence-electron chi connectivity index (χ3n) is 4.39. The van der Waals surface area contributed by atoms with E-state index in [1.807, 2.05) is 12.1 Å². The first-order valence-corrected chi connectivity index (χ1v) is 9.25. The maximum absolute atomic E-state index is 11.5. The van der Waals surface area contributed by atoms with Gasteiger partial charge in [0.25, 0.3) is 0 Å². The summed E-state index contributed by atoms with van der Waals surface area (Å²) in [7, 11) is 0. The molecule has 1 saturated heterocycles. The molecule has 1 aliphatic rings. The number of halogens is 1. The van der Waals surface area contributed by atoms with Gasteiger partial charge in [0.1, 0.15) is 4.60 Å². The Morgan fingerprint density at radius 2 is 1.96 bits per heavy atom. The molecule has 1 aromatic heterocycles. The summed E-state index contributed by atoms with van der Waals surface area (Å²) in [6.45, 7) is 3.07. The van der Waals surface area contributed by atoms with Crippen LogP contribution in [0.3, 0.4) is 0 Å². The average molecular weight is 404 g/mol. The molecule has 5 nitrogen and oxygen atoms in total. The Bertz CT molecular complexity index is 718. The van der Waals surface area contributed by atoms with Crippen LogP contribution in [0.15, 0.2) is 47.2 Å². The number of benzene rings is 1. The van der Waals surface area contributed by atoms with Crippen molar-refractivity contribution in [2.45, 2.75) is 25.8 Å². The molecule has 1 atom stereocenters. The van der Waals surface area contributed by atoms with Crippen LogP contribution in [0.1, 0.15) is 31.4 Å². The fourth-order valence-electron chi connectivity index (χ4n) is 3.19. The molecule has 0 bridgehead atoms. The molecule has 2 N–H and O–H groups in total. The second-order valence-corrected chi connectivity index (χ2v) is 7.03. The first-order chi connectivity index (χ1) is 12.1. The monoisotopic (exact) mass is 403 g/mol. The smallest absolute Gasteiger partial charge is 0.221 e. The Balaban J connectivity index is 1.92. The van der Waals surface area contributed by atoms with Gasteiger partial charge in [-0.1, -0.05) is 30.3 Å². The second-order valence-electron chi connectivity index (χ2n) is 6.22. The number of rotatable bonds is 5. The summed E-state index contributed by atoms with van der Waals surface area (Å²) in [5.74, 6) is 0.350. The van der Waals surface area contributed by atoms with Gasteiger partial charge in [-0.2, -0.15) is 0 Å². The number of hydrogen-bond acceptors (Lipinski definition) is 4. The molecular formula is C19H22BrN3O2. The zero-order chi connectivity index (χ0) is 17.6. The summed E-state index contributed by atoms with van der Waals surface area (Å²) in [4.78, 5) is 15.7. The topological polar surface area (TPSA) is 63.2 Å². The molecule has 0 saturated carbocycles. The number of aromatic nitrogens is 1. The van der Waals surface area contributed by atoms with Crippen LogP contribution < -0.4 is 10.6 Å². The Labute approximate surface area is 156 Å². The van der Waals surface area contributed by atoms with E-state index in [9.17, 15) is 4.79 Å². The third-order valence-corrected chi connectivity index (χ3v) is 4.82. The number of nitrogens with one attached hydrogen (secondary N) is 2. The fourth-order valence-corrected chi connectivity index (χ4v) is 3.52. The molecule has 1 aromatic carbocycles. The average Bonchev–Trinajstić information content (AvgIpc) is 2.63. The van der Waals surface area contributed by atoms with E-state index in [1.165, 1.54) is 12.5 Å². The van der Waals surface area contributed by atoms with Gasteiger partial charge in [-0.3, -0.25) is 4.79 Å². The molecule has 3 rings (SSSR count). The number of carbonyl (C=O) groups excluding carboxylic acids is 1. The largest absolute Gasteiger partial charge is 0.381 e. The molecule has 1 amide bonds. The molecule has 6 heteroatoms. The summed E-state index contributed by atoms with van der Waals surface area (Å²) in [6, 6.07) is 12.5. The van der Waals surface area contributed by atoms with Gasteiger partial charge < -0.3 is 15.4 Å². The highest BCUT2D eigenvalue weighted by Gasteiger charge is 2.26. The Kier molecular flexibility index (Phi) is 6.04. The van der Waals surface area contributed by atoms with Crippen molar-refractivity contribution in [2.24, 2.45) is 5.92 Å². The van der Waals surface area contributed by atoms with Gasteiger partial charge in [-0.15, -0.1) is 0 Å². The number of amides is 1. The number of nitrogens with zero attached hydrogens (tertiary/aromatic N) is 1. The first-order valence-electron chi connectivity index (χ1n) is 8.46. The zero-order valence-electron chi connectivity index (χ0n) is 14.2. The van der Waals surface area contributed by atoms with Crippen molar-refractivity contribution in [1.82, 2.24) is 4.98 Å². The Hall–Kier alpha value is -1.92. The van der Waals surface area contributed by atoms with E-state index in [4.69, 9.17) is 4.74 Å². The van der Waals surface area contributed by atoms with Gasteiger partial charge in [0.2, 0.25) is 5.91 Å². The molecule has 1 aliphatic heterocycles. The van der Waals surface area contributed by atoms with Gasteiger partial charge in [-0.25, -0.2) is 4.98 Å². The maximum Gasteiger partial charge on any atom is 0.221 e. The first kappa shape index (κ1) is 17.9. The van der Waals surface area contributed by atoms with Gasteiger partial charge in [0.05, 0.1) is 23.6 Å². The highest BCUT2D eigenvalue weighted by Crippen LogP contribution is 2.35. The van der Waals surface area contributed by atoms with Crippen molar-refractivity contribution in [3.63, 3.8) is 0 Å². The van der Waals surface area contributed by atoms with Crippen molar-refractivity contribution < 1.29 is 9.53 Å². The van der Waals surface area contributed by atoms with Gasteiger partial charge in [-0.05, 0) is 46.3 Å². The summed E-state index contributed by atoms with van der Waals surface area (Å²) >= 11 is 3.42. The van der Waals surface area contributed by atoms with Crippen molar-refractivity contribution in [3.05, 3.63) is 52.8 Å². The second kappa shape index (κ2) is 8.45. The lowest BCUT2D eigenvalue weighted by atomic mass is 9.87. The van der Waals surface area contributed by atoms with Crippen LogP contribution in [0.25, 0.3) is 0 Å². The lowest BCUT2D eigenvalue weighted by molar-refractivity contribution is -0.114. The van der Waals surface area contributed by atoms with E-state index >= 15 is 0 Å². The molecular weight excluding hydrogens is 382 g/mol. The maximum atomic E-state index is 11.5. The van der Waals surface area contributed by atoms with Crippen LogP contribution in [-0.4, -0.2) is 24.1 Å². The summed E-state index contributed by atoms with van der Waals surface area (Å²) in [6.07, 6.45) is 3.68. The minimum Gasteiger partial charge on any atom is -0.381 e. The predicted octanol–water partition coefficient (Wildman–Crippen LogP) is 4.38. The van der Waals surface area contributed by atoms with Crippen molar-refractivity contribution >= 4 is 33.2 Å². The van der Waals surface area contributed by atoms with Crippen molar-refractivity contribution in [2.75, 3.05) is 23.8 Å². The molecule has 0 spiro atoms. The Morgan fingerprint density at radius 3 is 2.64 bits per heavy atom. The normalized spacial score (nSPS) is 16.2. The third kappa shape index (κ3) is 4.80. The van der Waals surface area contributed by atoms with Crippen LogP contribution >= 0.6 is 15.9 Å². The number of hydrogen-bond donors (Lipinski definition) is 2. The number of carbonyl (C=O) groups is 1. The van der Waals surface area contributed by atoms with E-state index in [-0.39, 0.29) is 11.9 Å². The Morgan fingerprint density at radius 1 is 1.24 bits per heavy atom. The van der Waals surface area contributed by atoms with Crippen LogP contribution in [0.4, 0.5) is 11.4 Å². The van der Waals surface area contributed by atoms with Crippen LogP contribution in [0.2, 0.25) is 0 Å². The highest BCUT2D eigenvalue weighted by molar-refractivity contribution is 9.10. The standard InChI is InChI=1S/C19H22BrN3O2/c1-13(24)22-17-12-21-18(20)11-16(17)23-19(14-5-3-2-4-6-14)15-7-9-25-10-8-15/h2-6,11-12,15,19H,7-10H2,1H3,(H,21,23)(H,22,24). The fraction of sp³-hybridized carbons (Fsp3) is 0.368. The molecule has 2 heterocycles. The van der Waals surface area contributed by atoms with Crippen molar-refractivity contribution in [3.8, 4) is 0 Å². The molecule has 132 valence electrons. The number of ether oxygens (including phenoxy) is 1. The van der Waals surface area contributed by atoms with Crippen LogP contribution in [0, 0.1) is 5.92 Å². The molecule has 2 aromatic rings. The molecule has 0 aliphatic carbocycles. The van der Waals surface area contributed by atoms with Gasteiger partial charge in [0, 0.05) is 20.1 Å². The molecule has 25 heavy (non-hydrogen) atoms. The van der Waals surface area contributed by atoms with E-state index in [1.54, 1.807) is 6.20 Å². The summed E-state index contributed by atoms with van der Waals surface area (Å²) in [5.41, 5.74) is 2.78. The van der Waals surface area contributed by atoms with Crippen molar-refractivity contribution in [1.29, 1.82) is 0 Å². The SMILES string of the molecule is CC(=O)Nc1cnc(Br)cc1NC(c1ccccc1)C1CCOCC1. The van der Waals surface area contributed by atoms with Crippen LogP contribution in [0.5, 0.6) is 0 Å². The lowest BCUT2D eigenvalue weighted by Crippen LogP contribution is -2.27. The van der Waals surface area contributed by atoms with E-state index in [2.05, 4.69) is 55.8 Å². The zero-order valence-corrected chi connectivity index (χ0v) is 15.8. The summed E-state index contributed by atoms with van der Waals surface area (Å²) < 4.78 is 6.25. The minimum atomic E-state index is -0.116. The number of pyridine rings is 1. The number of anilines is 2. The van der Waals surface area contributed by atoms with Gasteiger partial charge in [0.15, 0.2) is 0 Å². The molecule has 0 radical (unpaired) electrons. The molecule has 1 fully saturated rings. The highest BCUT2D eigenvalue weighted by atomic mass is 79.9. The summed E-state index contributed by atoms with van der Waals surface area (Å²) in [5, 5.41) is 6.49.